The smallest absolute Gasteiger partial charge is 0.328 e. The highest BCUT2D eigenvalue weighted by atomic mass is 19.1. The third kappa shape index (κ3) is 6.98. The summed E-state index contributed by atoms with van der Waals surface area (Å²) in [4.78, 5) is 39.6. The number of para-hydroxylation sites is 1. The lowest BCUT2D eigenvalue weighted by Gasteiger charge is -2.36. The van der Waals surface area contributed by atoms with Crippen molar-refractivity contribution in [2.75, 3.05) is 51.4 Å². The molecule has 0 spiro atoms. The maximum Gasteiger partial charge on any atom is 0.328 e. The average molecular weight is 423 g/mol. The Morgan fingerprint density at radius 2 is 1.77 bits per heavy atom. The molecule has 1 aliphatic heterocycles. The minimum Gasteiger partial charge on any atom is -0.467 e. The summed E-state index contributed by atoms with van der Waals surface area (Å²) in [5, 5.41) is 2.58. The highest BCUT2D eigenvalue weighted by Crippen LogP contribution is 2.20. The van der Waals surface area contributed by atoms with E-state index in [4.69, 9.17) is 9.47 Å². The molecule has 0 aliphatic carbocycles. The third-order valence-corrected chi connectivity index (χ3v) is 4.81. The molecule has 166 valence electrons. The third-order valence-electron chi connectivity index (χ3n) is 4.81. The molecular weight excluding hydrogens is 393 g/mol. The summed E-state index contributed by atoms with van der Waals surface area (Å²) >= 11 is 0. The zero-order valence-corrected chi connectivity index (χ0v) is 17.7. The Labute approximate surface area is 176 Å². The first-order valence-corrected chi connectivity index (χ1v) is 10.0. The summed E-state index contributed by atoms with van der Waals surface area (Å²) < 4.78 is 23.8. The van der Waals surface area contributed by atoms with Crippen molar-refractivity contribution in [3.8, 4) is 0 Å². The van der Waals surface area contributed by atoms with Crippen LogP contribution in [0.1, 0.15) is 20.3 Å². The van der Waals surface area contributed by atoms with Gasteiger partial charge in [-0.25, -0.2) is 9.18 Å². The number of carbonyl (C=O) groups is 3. The van der Waals surface area contributed by atoms with Gasteiger partial charge in [-0.05, 0) is 24.5 Å². The Morgan fingerprint density at radius 1 is 1.10 bits per heavy atom. The molecule has 1 fully saturated rings. The maximum atomic E-state index is 13.9. The molecule has 8 nitrogen and oxygen atoms in total. The number of hydrogen-bond acceptors (Lipinski definition) is 6. The summed E-state index contributed by atoms with van der Waals surface area (Å²) in [7, 11) is 1.27. The van der Waals surface area contributed by atoms with Crippen LogP contribution in [0.25, 0.3) is 0 Å². The molecule has 9 heteroatoms. The number of nitrogens with zero attached hydrogens (tertiary/aromatic N) is 2. The van der Waals surface area contributed by atoms with E-state index in [1.807, 2.05) is 18.7 Å². The number of amides is 2. The van der Waals surface area contributed by atoms with Gasteiger partial charge in [0.25, 0.3) is 0 Å². The number of nitrogens with one attached hydrogen (secondary N) is 1. The lowest BCUT2D eigenvalue weighted by atomic mass is 10.0. The molecule has 1 atom stereocenters. The van der Waals surface area contributed by atoms with Gasteiger partial charge >= 0.3 is 5.97 Å². The van der Waals surface area contributed by atoms with Crippen LogP contribution in [0, 0.1) is 11.7 Å². The molecule has 1 heterocycles. The molecule has 1 aromatic carbocycles. The van der Waals surface area contributed by atoms with Gasteiger partial charge in [-0.15, -0.1) is 0 Å². The summed E-state index contributed by atoms with van der Waals surface area (Å²) in [6, 6.07) is 5.81. The molecule has 1 saturated heterocycles. The van der Waals surface area contributed by atoms with Gasteiger partial charge in [0.1, 0.15) is 25.1 Å². The lowest BCUT2D eigenvalue weighted by Crippen LogP contribution is -2.50. The summed E-state index contributed by atoms with van der Waals surface area (Å²) in [5.41, 5.74) is 0.527. The van der Waals surface area contributed by atoms with Gasteiger partial charge in [0.15, 0.2) is 0 Å². The number of anilines is 1. The number of methoxy groups -OCH3 is 1. The molecule has 0 bridgehead atoms. The monoisotopic (exact) mass is 423 g/mol. The van der Waals surface area contributed by atoms with Gasteiger partial charge in [0.05, 0.1) is 12.8 Å². The molecule has 0 unspecified atom stereocenters. The largest absolute Gasteiger partial charge is 0.467 e. The second-order valence-corrected chi connectivity index (χ2v) is 7.58. The van der Waals surface area contributed by atoms with Gasteiger partial charge in [-0.1, -0.05) is 26.0 Å². The van der Waals surface area contributed by atoms with Crippen LogP contribution in [-0.4, -0.2) is 75.2 Å². The highest BCUT2D eigenvalue weighted by molar-refractivity contribution is 5.85. The number of carbonyl (C=O) groups excluding carboxylic acids is 3. The van der Waals surface area contributed by atoms with Crippen LogP contribution in [0.4, 0.5) is 10.1 Å². The minimum absolute atomic E-state index is 0.194. The first-order valence-electron chi connectivity index (χ1n) is 10.0. The molecule has 1 aliphatic rings. The lowest BCUT2D eigenvalue weighted by molar-refractivity contribution is -0.147. The van der Waals surface area contributed by atoms with Crippen molar-refractivity contribution >= 4 is 23.5 Å². The van der Waals surface area contributed by atoms with E-state index in [1.54, 1.807) is 23.1 Å². The zero-order valence-electron chi connectivity index (χ0n) is 17.7. The highest BCUT2D eigenvalue weighted by Gasteiger charge is 2.24. The number of piperazine rings is 1. The predicted octanol–water partition coefficient (Wildman–Crippen LogP) is 1.19. The van der Waals surface area contributed by atoms with Crippen molar-refractivity contribution in [1.29, 1.82) is 0 Å². The Hall–Kier alpha value is -2.68. The van der Waals surface area contributed by atoms with E-state index >= 15 is 0 Å². The van der Waals surface area contributed by atoms with E-state index in [2.05, 4.69) is 5.32 Å². The standard InChI is InChI=1S/C21H30FN3O5/c1-15(2)12-17(21(28)29-3)23-19(26)13-30-14-20(27)25-10-8-24(9-11-25)18-7-5-4-6-16(18)22/h4-7,15,17H,8-14H2,1-3H3,(H,23,26)/t17-/m1/s1. The van der Waals surface area contributed by atoms with Gasteiger partial charge in [-0.3, -0.25) is 9.59 Å². The molecule has 30 heavy (non-hydrogen) atoms. The normalized spacial score (nSPS) is 15.1. The quantitative estimate of drug-likeness (QED) is 0.601. The molecule has 0 radical (unpaired) electrons. The van der Waals surface area contributed by atoms with Crippen LogP contribution in [0.5, 0.6) is 0 Å². The first-order chi connectivity index (χ1) is 14.3. The van der Waals surface area contributed by atoms with Gasteiger partial charge < -0.3 is 24.6 Å². The number of ether oxygens (including phenoxy) is 2. The van der Waals surface area contributed by atoms with E-state index in [9.17, 15) is 18.8 Å². The summed E-state index contributed by atoms with van der Waals surface area (Å²) in [5.74, 6) is -1.32. The molecule has 0 saturated carbocycles. The van der Waals surface area contributed by atoms with Crippen molar-refractivity contribution in [3.05, 3.63) is 30.1 Å². The zero-order chi connectivity index (χ0) is 22.1. The predicted molar refractivity (Wildman–Crippen MR) is 109 cm³/mol. The van der Waals surface area contributed by atoms with Gasteiger partial charge in [-0.2, -0.15) is 0 Å². The second-order valence-electron chi connectivity index (χ2n) is 7.58. The van der Waals surface area contributed by atoms with Gasteiger partial charge in [0.2, 0.25) is 11.8 Å². The Morgan fingerprint density at radius 3 is 2.37 bits per heavy atom. The van der Waals surface area contributed by atoms with Crippen LogP contribution >= 0.6 is 0 Å². The molecule has 1 N–H and O–H groups in total. The number of benzene rings is 1. The van der Waals surface area contributed by atoms with Gasteiger partial charge in [0, 0.05) is 26.2 Å². The number of hydrogen-bond donors (Lipinski definition) is 1. The average Bonchev–Trinajstić information content (AvgIpc) is 2.72. The summed E-state index contributed by atoms with van der Waals surface area (Å²) in [6.07, 6.45) is 0.448. The second kappa shape index (κ2) is 11.5. The van der Waals surface area contributed by atoms with Crippen LogP contribution in [0.15, 0.2) is 24.3 Å². The van der Waals surface area contributed by atoms with Crippen molar-refractivity contribution in [1.82, 2.24) is 10.2 Å². The van der Waals surface area contributed by atoms with E-state index in [-0.39, 0.29) is 30.9 Å². The van der Waals surface area contributed by atoms with Crippen molar-refractivity contribution < 1.29 is 28.2 Å². The van der Waals surface area contributed by atoms with Crippen molar-refractivity contribution in [2.45, 2.75) is 26.3 Å². The Bertz CT molecular complexity index is 735. The van der Waals surface area contributed by atoms with Crippen molar-refractivity contribution in [2.24, 2.45) is 5.92 Å². The van der Waals surface area contributed by atoms with E-state index in [0.717, 1.165) is 0 Å². The maximum absolute atomic E-state index is 13.9. The van der Waals surface area contributed by atoms with Crippen LogP contribution in [0.3, 0.4) is 0 Å². The minimum atomic E-state index is -0.742. The topological polar surface area (TPSA) is 88.2 Å². The fraction of sp³-hybridized carbons (Fsp3) is 0.571. The van der Waals surface area contributed by atoms with E-state index in [0.29, 0.717) is 38.3 Å². The number of esters is 1. The SMILES string of the molecule is COC(=O)[C@@H](CC(C)C)NC(=O)COCC(=O)N1CCN(c2ccccc2F)CC1. The fourth-order valence-corrected chi connectivity index (χ4v) is 3.29. The first kappa shape index (κ1) is 23.6. The van der Waals surface area contributed by atoms with Crippen LogP contribution < -0.4 is 10.2 Å². The molecule has 1 aromatic rings. The number of halogens is 1. The molecular formula is C21H30FN3O5. The van der Waals surface area contributed by atoms with E-state index in [1.165, 1.54) is 13.2 Å². The van der Waals surface area contributed by atoms with Crippen LogP contribution in [0.2, 0.25) is 0 Å². The van der Waals surface area contributed by atoms with Crippen LogP contribution in [-0.2, 0) is 23.9 Å². The Kier molecular flexibility index (Phi) is 9.04. The molecule has 0 aromatic heterocycles. The molecule has 2 rings (SSSR count). The van der Waals surface area contributed by atoms with E-state index < -0.39 is 17.9 Å². The van der Waals surface area contributed by atoms with Crippen molar-refractivity contribution in [3.63, 3.8) is 0 Å². The fourth-order valence-electron chi connectivity index (χ4n) is 3.29. The molecule has 2 amide bonds. The Balaban J connectivity index is 1.72. The number of rotatable bonds is 9. The summed E-state index contributed by atoms with van der Waals surface area (Å²) in [6.45, 7) is 5.23.